The molecule has 0 radical (unpaired) electrons. The average molecular weight is 319 g/mol. The molecular formula is C13H16F3N3OS. The van der Waals surface area contributed by atoms with Gasteiger partial charge in [0.05, 0.1) is 0 Å². The Morgan fingerprint density at radius 2 is 2.19 bits per heavy atom. The summed E-state index contributed by atoms with van der Waals surface area (Å²) in [6.45, 7) is 0.507. The number of aromatic nitrogens is 2. The van der Waals surface area contributed by atoms with Crippen LogP contribution in [0.5, 0.6) is 0 Å². The molecule has 8 heteroatoms. The van der Waals surface area contributed by atoms with Crippen molar-refractivity contribution in [2.24, 2.45) is 7.05 Å². The van der Waals surface area contributed by atoms with Gasteiger partial charge < -0.3 is 15.0 Å². The average Bonchev–Trinajstić information content (AvgIpc) is 3.04. The zero-order valence-corrected chi connectivity index (χ0v) is 12.2. The fraction of sp³-hybridized carbons (Fsp3) is 0.462. The number of hydrogen-bond donors (Lipinski definition) is 2. The van der Waals surface area contributed by atoms with Gasteiger partial charge in [-0.15, -0.1) is 11.3 Å². The van der Waals surface area contributed by atoms with Crippen molar-refractivity contribution >= 4 is 11.3 Å². The summed E-state index contributed by atoms with van der Waals surface area (Å²) < 4.78 is 40.8. The van der Waals surface area contributed by atoms with Gasteiger partial charge in [0, 0.05) is 37.3 Å². The summed E-state index contributed by atoms with van der Waals surface area (Å²) in [5, 5.41) is 14.9. The summed E-state index contributed by atoms with van der Waals surface area (Å²) in [6.07, 6.45) is -2.65. The first-order valence-corrected chi connectivity index (χ1v) is 7.22. The second-order valence-electron chi connectivity index (χ2n) is 4.73. The normalized spacial score (nSPS) is 15.1. The maximum atomic E-state index is 13.2. The number of alkyl halides is 3. The Balaban J connectivity index is 2.02. The monoisotopic (exact) mass is 319 g/mol. The van der Waals surface area contributed by atoms with Crippen molar-refractivity contribution in [3.05, 3.63) is 40.6 Å². The zero-order valence-electron chi connectivity index (χ0n) is 11.4. The van der Waals surface area contributed by atoms with Crippen LogP contribution >= 0.6 is 11.3 Å². The lowest BCUT2D eigenvalue weighted by molar-refractivity contribution is -0.272. The Morgan fingerprint density at radius 3 is 2.71 bits per heavy atom. The minimum Gasteiger partial charge on any atom is -0.374 e. The van der Waals surface area contributed by atoms with Crippen molar-refractivity contribution in [3.8, 4) is 0 Å². The minimum absolute atomic E-state index is 0.0285. The van der Waals surface area contributed by atoms with E-state index in [0.29, 0.717) is 6.54 Å². The number of aliphatic hydroxyl groups is 1. The van der Waals surface area contributed by atoms with Crippen LogP contribution in [0.3, 0.4) is 0 Å². The number of imidazole rings is 1. The van der Waals surface area contributed by atoms with E-state index in [1.165, 1.54) is 35.3 Å². The molecule has 2 aromatic rings. The number of rotatable bonds is 6. The molecule has 0 aromatic carbocycles. The van der Waals surface area contributed by atoms with Gasteiger partial charge in [0.25, 0.3) is 0 Å². The van der Waals surface area contributed by atoms with E-state index in [1.807, 2.05) is 17.5 Å². The third-order valence-corrected chi connectivity index (χ3v) is 4.08. The second kappa shape index (κ2) is 6.17. The lowest BCUT2D eigenvalue weighted by Crippen LogP contribution is -2.46. The smallest absolute Gasteiger partial charge is 0.374 e. The van der Waals surface area contributed by atoms with Crippen LogP contribution in [0.15, 0.2) is 29.9 Å². The van der Waals surface area contributed by atoms with Crippen molar-refractivity contribution in [2.75, 3.05) is 6.54 Å². The van der Waals surface area contributed by atoms with Gasteiger partial charge in [0.2, 0.25) is 5.60 Å². The maximum absolute atomic E-state index is 13.2. The lowest BCUT2D eigenvalue weighted by atomic mass is 9.97. The van der Waals surface area contributed by atoms with Gasteiger partial charge in [-0.3, -0.25) is 0 Å². The molecular weight excluding hydrogens is 303 g/mol. The molecule has 0 fully saturated rings. The van der Waals surface area contributed by atoms with E-state index in [0.717, 1.165) is 4.88 Å². The number of hydrogen-bond acceptors (Lipinski definition) is 4. The highest BCUT2D eigenvalue weighted by molar-refractivity contribution is 7.09. The fourth-order valence-corrected chi connectivity index (χ4v) is 2.71. The largest absolute Gasteiger partial charge is 0.424 e. The van der Waals surface area contributed by atoms with Crippen LogP contribution in [-0.2, 0) is 19.2 Å². The van der Waals surface area contributed by atoms with Crippen molar-refractivity contribution < 1.29 is 18.3 Å². The van der Waals surface area contributed by atoms with Gasteiger partial charge in [0.15, 0.2) is 0 Å². The first-order valence-electron chi connectivity index (χ1n) is 6.34. The molecule has 116 valence electrons. The highest BCUT2D eigenvalue weighted by Gasteiger charge is 2.56. The molecule has 21 heavy (non-hydrogen) atoms. The number of nitrogens with zero attached hydrogens (tertiary/aromatic N) is 2. The number of aryl methyl sites for hydroxylation is 1. The second-order valence-corrected chi connectivity index (χ2v) is 5.76. The van der Waals surface area contributed by atoms with E-state index in [1.54, 1.807) is 0 Å². The van der Waals surface area contributed by atoms with Gasteiger partial charge in [-0.2, -0.15) is 13.2 Å². The Kier molecular flexibility index (Phi) is 4.70. The van der Waals surface area contributed by atoms with E-state index in [4.69, 9.17) is 0 Å². The van der Waals surface area contributed by atoms with E-state index in [9.17, 15) is 18.3 Å². The van der Waals surface area contributed by atoms with Gasteiger partial charge in [-0.25, -0.2) is 4.98 Å². The minimum atomic E-state index is -4.78. The van der Waals surface area contributed by atoms with E-state index >= 15 is 0 Å². The molecule has 0 aliphatic carbocycles. The summed E-state index contributed by atoms with van der Waals surface area (Å²) in [4.78, 5) is 4.68. The summed E-state index contributed by atoms with van der Waals surface area (Å²) >= 11 is 1.52. The SMILES string of the molecule is Cn1ccnc1[C@@](O)(CCNCc1cccs1)C(F)(F)F. The van der Waals surface area contributed by atoms with E-state index < -0.39 is 24.0 Å². The Morgan fingerprint density at radius 1 is 1.43 bits per heavy atom. The molecule has 2 aromatic heterocycles. The molecule has 0 spiro atoms. The van der Waals surface area contributed by atoms with Crippen LogP contribution in [0.1, 0.15) is 17.1 Å². The third-order valence-electron chi connectivity index (χ3n) is 3.20. The molecule has 0 saturated heterocycles. The molecule has 0 unspecified atom stereocenters. The van der Waals surface area contributed by atoms with Crippen LogP contribution < -0.4 is 5.32 Å². The zero-order chi connectivity index (χ0) is 15.5. The molecule has 2 rings (SSSR count). The van der Waals surface area contributed by atoms with Crippen LogP contribution in [0, 0.1) is 0 Å². The summed E-state index contributed by atoms with van der Waals surface area (Å²) in [7, 11) is 1.43. The molecule has 0 amide bonds. The van der Waals surface area contributed by atoms with Gasteiger partial charge >= 0.3 is 6.18 Å². The fourth-order valence-electron chi connectivity index (χ4n) is 2.04. The maximum Gasteiger partial charge on any atom is 0.424 e. The highest BCUT2D eigenvalue weighted by Crippen LogP contribution is 2.40. The predicted octanol–water partition coefficient (Wildman–Crippen LogP) is 2.41. The van der Waals surface area contributed by atoms with Crippen molar-refractivity contribution in [3.63, 3.8) is 0 Å². The quantitative estimate of drug-likeness (QED) is 0.804. The van der Waals surface area contributed by atoms with Crippen molar-refractivity contribution in [2.45, 2.75) is 24.7 Å². The summed E-state index contributed by atoms with van der Waals surface area (Å²) in [5.41, 5.74) is -2.95. The predicted molar refractivity (Wildman–Crippen MR) is 73.8 cm³/mol. The van der Waals surface area contributed by atoms with Crippen LogP contribution in [0.25, 0.3) is 0 Å². The molecule has 1 atom stereocenters. The standard InChI is InChI=1S/C13H16F3N3OS/c1-19-7-6-18-11(19)12(20,13(14,15)16)4-5-17-9-10-3-2-8-21-10/h2-3,6-8,17,20H,4-5,9H2,1H3/t12-/m0/s1. The highest BCUT2D eigenvalue weighted by atomic mass is 32.1. The topological polar surface area (TPSA) is 50.1 Å². The Hall–Kier alpha value is -1.38. The van der Waals surface area contributed by atoms with E-state index in [2.05, 4.69) is 10.3 Å². The molecule has 2 N–H and O–H groups in total. The number of nitrogens with one attached hydrogen (secondary N) is 1. The molecule has 0 aliphatic rings. The van der Waals surface area contributed by atoms with Gasteiger partial charge in [-0.05, 0) is 18.0 Å². The van der Waals surface area contributed by atoms with Crippen LogP contribution in [-0.4, -0.2) is 27.4 Å². The van der Waals surface area contributed by atoms with Crippen molar-refractivity contribution in [1.29, 1.82) is 0 Å². The van der Waals surface area contributed by atoms with Crippen LogP contribution in [0.4, 0.5) is 13.2 Å². The number of halogens is 3. The third kappa shape index (κ3) is 3.45. The van der Waals surface area contributed by atoms with Gasteiger partial charge in [-0.1, -0.05) is 6.07 Å². The summed E-state index contributed by atoms with van der Waals surface area (Å²) in [6, 6.07) is 3.77. The summed E-state index contributed by atoms with van der Waals surface area (Å²) in [5.74, 6) is -0.395. The van der Waals surface area contributed by atoms with Crippen LogP contribution in [0.2, 0.25) is 0 Å². The van der Waals surface area contributed by atoms with E-state index in [-0.39, 0.29) is 6.54 Å². The molecule has 0 bridgehead atoms. The molecule has 0 aliphatic heterocycles. The van der Waals surface area contributed by atoms with Gasteiger partial charge in [0.1, 0.15) is 5.82 Å². The molecule has 2 heterocycles. The lowest BCUT2D eigenvalue weighted by Gasteiger charge is -2.30. The van der Waals surface area contributed by atoms with Crippen molar-refractivity contribution in [1.82, 2.24) is 14.9 Å². The first-order chi connectivity index (χ1) is 9.84. The Labute approximate surface area is 124 Å². The first kappa shape index (κ1) is 16.0. The molecule has 0 saturated carbocycles. The Bertz CT molecular complexity index is 567. The molecule has 4 nitrogen and oxygen atoms in total. The number of thiophene rings is 1.